The highest BCUT2D eigenvalue weighted by Gasteiger charge is 2.53. The normalized spacial score (nSPS) is 33.1. The van der Waals surface area contributed by atoms with Crippen molar-refractivity contribution in [2.24, 2.45) is 53.3 Å². The monoisotopic (exact) mass is 765 g/mol. The van der Waals surface area contributed by atoms with E-state index >= 15 is 8.78 Å². The molecule has 0 nitrogen and oxygen atoms in total. The van der Waals surface area contributed by atoms with Crippen LogP contribution in [0.4, 0.5) is 22.0 Å². The zero-order valence-corrected chi connectivity index (χ0v) is 34.5. The molecule has 6 aliphatic carbocycles. The minimum absolute atomic E-state index is 0.0368. The summed E-state index contributed by atoms with van der Waals surface area (Å²) in [5, 5.41) is 0. The van der Waals surface area contributed by atoms with Gasteiger partial charge in [0.15, 0.2) is 0 Å². The van der Waals surface area contributed by atoms with Crippen molar-refractivity contribution in [1.82, 2.24) is 0 Å². The number of fused-ring (bicyclic) bond motifs is 2. The van der Waals surface area contributed by atoms with E-state index in [2.05, 4.69) is 13.8 Å². The molecule has 0 heterocycles. The molecule has 0 bridgehead atoms. The van der Waals surface area contributed by atoms with Crippen molar-refractivity contribution in [3.05, 3.63) is 74.9 Å². The minimum atomic E-state index is -3.01. The first-order valence-electron chi connectivity index (χ1n) is 22.8. The number of aryl methyl sites for hydroxylation is 2. The predicted octanol–water partition coefficient (Wildman–Crippen LogP) is 15.6. The highest BCUT2D eigenvalue weighted by Crippen LogP contribution is 2.55. The van der Waals surface area contributed by atoms with Crippen LogP contribution in [0.15, 0.2) is 29.8 Å². The van der Waals surface area contributed by atoms with Crippen LogP contribution in [0.5, 0.6) is 0 Å². The molecule has 0 N–H and O–H groups in total. The van der Waals surface area contributed by atoms with Crippen LogP contribution in [0.3, 0.4) is 0 Å². The van der Waals surface area contributed by atoms with Crippen LogP contribution in [0.1, 0.15) is 176 Å². The van der Waals surface area contributed by atoms with E-state index < -0.39 is 17.7 Å². The Labute approximate surface area is 329 Å². The fourth-order valence-corrected chi connectivity index (χ4v) is 13.0. The summed E-state index contributed by atoms with van der Waals surface area (Å²) in [5.41, 5.74) is 3.88. The van der Waals surface area contributed by atoms with Crippen LogP contribution in [-0.2, 0) is 18.8 Å². The summed E-state index contributed by atoms with van der Waals surface area (Å²) in [6, 6.07) is 6.46. The smallest absolute Gasteiger partial charge is 0.206 e. The van der Waals surface area contributed by atoms with Gasteiger partial charge in [0.1, 0.15) is 17.5 Å². The van der Waals surface area contributed by atoms with E-state index in [1.165, 1.54) is 102 Å². The zero-order valence-electron chi connectivity index (χ0n) is 34.5. The Bertz CT molecular complexity index is 1620. The number of halogens is 5. The molecule has 8 rings (SSSR count). The van der Waals surface area contributed by atoms with Crippen molar-refractivity contribution < 1.29 is 22.0 Å². The maximum atomic E-state index is 15.1. The molecule has 4 fully saturated rings. The van der Waals surface area contributed by atoms with E-state index in [-0.39, 0.29) is 28.7 Å². The quantitative estimate of drug-likeness (QED) is 0.235. The number of hydrogen-bond acceptors (Lipinski definition) is 0. The lowest BCUT2D eigenvalue weighted by atomic mass is 9.66. The maximum absolute atomic E-state index is 15.1. The van der Waals surface area contributed by atoms with Gasteiger partial charge in [0.2, 0.25) is 0 Å². The molecule has 304 valence electrons. The summed E-state index contributed by atoms with van der Waals surface area (Å²) in [6.45, 7) is 8.25. The average molecular weight is 765 g/mol. The van der Waals surface area contributed by atoms with Gasteiger partial charge in [-0.3, -0.25) is 0 Å². The van der Waals surface area contributed by atoms with Gasteiger partial charge < -0.3 is 0 Å². The van der Waals surface area contributed by atoms with Gasteiger partial charge in [-0.25, -0.2) is 22.0 Å². The van der Waals surface area contributed by atoms with Crippen molar-refractivity contribution >= 4 is 5.83 Å². The number of hydrogen-bond donors (Lipinski definition) is 0. The highest BCUT2D eigenvalue weighted by molar-refractivity contribution is 5.72. The van der Waals surface area contributed by atoms with Crippen molar-refractivity contribution in [3.8, 4) is 0 Å². The van der Waals surface area contributed by atoms with E-state index in [4.69, 9.17) is 0 Å². The maximum Gasteiger partial charge on any atom is 0.279 e. The predicted molar refractivity (Wildman–Crippen MR) is 217 cm³/mol. The molecule has 0 spiro atoms. The van der Waals surface area contributed by atoms with E-state index in [1.807, 2.05) is 13.0 Å². The second-order valence-corrected chi connectivity index (χ2v) is 19.4. The number of benzene rings is 2. The molecule has 0 aromatic heterocycles. The van der Waals surface area contributed by atoms with Crippen molar-refractivity contribution in [2.75, 3.05) is 0 Å². The van der Waals surface area contributed by atoms with Gasteiger partial charge in [-0.1, -0.05) is 77.3 Å². The Morgan fingerprint density at radius 3 is 1.49 bits per heavy atom. The molecule has 0 saturated heterocycles. The van der Waals surface area contributed by atoms with Crippen molar-refractivity contribution in [2.45, 2.75) is 175 Å². The molecule has 4 saturated carbocycles. The number of rotatable bonds is 8. The molecule has 2 aromatic rings. The summed E-state index contributed by atoms with van der Waals surface area (Å²) in [6.07, 6.45) is 26.1. The Hall–Kier alpha value is -2.17. The van der Waals surface area contributed by atoms with Gasteiger partial charge in [0, 0.05) is 11.5 Å². The van der Waals surface area contributed by atoms with E-state index in [0.717, 1.165) is 96.3 Å². The van der Waals surface area contributed by atoms with Crippen LogP contribution in [0.2, 0.25) is 0 Å². The molecule has 55 heavy (non-hydrogen) atoms. The molecule has 1 unspecified atom stereocenters. The van der Waals surface area contributed by atoms with E-state index in [0.29, 0.717) is 24.3 Å². The summed E-state index contributed by atoms with van der Waals surface area (Å²) in [4.78, 5) is 0. The lowest BCUT2D eigenvalue weighted by Gasteiger charge is -2.40. The third kappa shape index (κ3) is 8.96. The van der Waals surface area contributed by atoms with Gasteiger partial charge in [0.25, 0.3) is 5.92 Å². The molecule has 0 aliphatic heterocycles. The zero-order chi connectivity index (χ0) is 38.9. The number of alkyl halides is 2. The fraction of sp³-hybridized carbons (Fsp3) is 0.720. The van der Waals surface area contributed by atoms with Crippen LogP contribution < -0.4 is 0 Å². The summed E-state index contributed by atoms with van der Waals surface area (Å²) < 4.78 is 73.7. The van der Waals surface area contributed by atoms with E-state index in [9.17, 15) is 13.2 Å². The molecule has 6 aliphatic rings. The molecular weight excluding hydrogens is 696 g/mol. The Balaban J connectivity index is 0.000000169. The Morgan fingerprint density at radius 1 is 0.545 bits per heavy atom. The minimum Gasteiger partial charge on any atom is -0.206 e. The van der Waals surface area contributed by atoms with Crippen LogP contribution in [-0.4, -0.2) is 0 Å². The van der Waals surface area contributed by atoms with Gasteiger partial charge in [-0.05, 0) is 191 Å². The first-order chi connectivity index (χ1) is 26.5. The number of allylic oxidation sites excluding steroid dienone is 1. The lowest BCUT2D eigenvalue weighted by Crippen LogP contribution is -2.33. The second kappa shape index (κ2) is 17.8. The third-order valence-corrected chi connectivity index (χ3v) is 15.9. The molecule has 2 aromatic carbocycles. The molecule has 0 amide bonds. The van der Waals surface area contributed by atoms with Crippen LogP contribution in [0, 0.1) is 78.7 Å². The SMILES string of the molecule is CCCC1CCC(C2CCC(C3=C(F)c4c(F)cc(C)cc4C3)CC2)CC1.CCCC1CCC(C2CCC(C3Cc4cc(C)cc(F)c4C3(F)F)CC2)CC1. The molecule has 1 atom stereocenters. The van der Waals surface area contributed by atoms with Gasteiger partial charge in [-0.2, -0.15) is 0 Å². The standard InChI is InChI=1S/C25H35F3.C25H34F2/c1-3-4-17-5-7-18(8-6-17)19-9-11-20(12-10-19)22-15-21-13-16(2)14-23(26)24(21)25(22,27)28;1-3-4-17-5-7-18(8-6-17)19-9-11-20(12-10-19)22-15-21-13-16(2)14-23(26)24(21)25(22)27/h13-14,17-20,22H,3-12,15H2,1-2H3;13-14,17-20H,3-12,15H2,1-2H3. The van der Waals surface area contributed by atoms with Gasteiger partial charge in [0.05, 0.1) is 5.56 Å². The summed E-state index contributed by atoms with van der Waals surface area (Å²) in [5.74, 6) is 0.493. The van der Waals surface area contributed by atoms with Crippen LogP contribution >= 0.6 is 0 Å². The summed E-state index contributed by atoms with van der Waals surface area (Å²) >= 11 is 0. The fourth-order valence-electron chi connectivity index (χ4n) is 13.0. The van der Waals surface area contributed by atoms with Gasteiger partial charge in [-0.15, -0.1) is 0 Å². The van der Waals surface area contributed by atoms with Crippen LogP contribution in [0.25, 0.3) is 5.83 Å². The van der Waals surface area contributed by atoms with Gasteiger partial charge >= 0.3 is 0 Å². The largest absolute Gasteiger partial charge is 0.279 e. The molecular formula is C50H69F5. The summed E-state index contributed by atoms with van der Waals surface area (Å²) in [7, 11) is 0. The Kier molecular flexibility index (Phi) is 13.2. The molecule has 0 radical (unpaired) electrons. The third-order valence-electron chi connectivity index (χ3n) is 15.9. The average Bonchev–Trinajstić information content (AvgIpc) is 3.64. The second-order valence-electron chi connectivity index (χ2n) is 19.4. The topological polar surface area (TPSA) is 0 Å². The van der Waals surface area contributed by atoms with Crippen molar-refractivity contribution in [1.29, 1.82) is 0 Å². The van der Waals surface area contributed by atoms with E-state index in [1.54, 1.807) is 13.0 Å². The first kappa shape index (κ1) is 41.0. The highest BCUT2D eigenvalue weighted by atomic mass is 19.3. The first-order valence-corrected chi connectivity index (χ1v) is 22.8. The Morgan fingerprint density at radius 2 is 0.982 bits per heavy atom. The lowest BCUT2D eigenvalue weighted by molar-refractivity contribution is -0.0853. The van der Waals surface area contributed by atoms with Crippen molar-refractivity contribution in [3.63, 3.8) is 0 Å². The molecule has 5 heteroatoms.